The van der Waals surface area contributed by atoms with E-state index in [9.17, 15) is 4.79 Å². The maximum absolute atomic E-state index is 12.8. The number of para-hydroxylation sites is 1. The van der Waals surface area contributed by atoms with Gasteiger partial charge in [0.15, 0.2) is 0 Å². The van der Waals surface area contributed by atoms with E-state index in [4.69, 9.17) is 0 Å². The lowest BCUT2D eigenvalue weighted by molar-refractivity contribution is 0.0755. The lowest BCUT2D eigenvalue weighted by Gasteiger charge is -2.21. The lowest BCUT2D eigenvalue weighted by atomic mass is 10.2. The van der Waals surface area contributed by atoms with Gasteiger partial charge in [0.2, 0.25) is 5.95 Å². The summed E-state index contributed by atoms with van der Waals surface area (Å²) in [6, 6.07) is 10.1. The highest BCUT2D eigenvalue weighted by Crippen LogP contribution is 2.32. The molecule has 1 fully saturated rings. The molecule has 4 rings (SSSR count). The molecular weight excluding hydrogens is 300 g/mol. The van der Waals surface area contributed by atoms with Crippen molar-refractivity contribution in [2.75, 3.05) is 24.5 Å². The topological polar surface area (TPSA) is 49.3 Å². The molecule has 0 saturated carbocycles. The predicted molar refractivity (Wildman–Crippen MR) is 93.6 cm³/mol. The molecule has 1 aromatic heterocycles. The Balaban J connectivity index is 1.59. The molecule has 5 nitrogen and oxygen atoms in total. The standard InChI is InChI=1S/C19H22N4O/c24-18(22-12-5-1-2-6-13-22)16-9-11-20-19(21-16)23-14-10-15-7-3-4-8-17(15)23/h3-4,7-9,11H,1-2,5-6,10,12-14H2. The van der Waals surface area contributed by atoms with Crippen molar-refractivity contribution in [2.24, 2.45) is 0 Å². The molecule has 2 aliphatic heterocycles. The molecule has 1 aromatic carbocycles. The highest BCUT2D eigenvalue weighted by Gasteiger charge is 2.24. The number of anilines is 2. The molecule has 124 valence electrons. The van der Waals surface area contributed by atoms with Crippen LogP contribution < -0.4 is 4.90 Å². The molecule has 2 aromatic rings. The fraction of sp³-hybridized carbons (Fsp3) is 0.421. The van der Waals surface area contributed by atoms with Crippen molar-refractivity contribution in [3.05, 3.63) is 47.8 Å². The lowest BCUT2D eigenvalue weighted by Crippen LogP contribution is -2.32. The van der Waals surface area contributed by atoms with Crippen LogP contribution in [0.25, 0.3) is 0 Å². The highest BCUT2D eigenvalue weighted by atomic mass is 16.2. The van der Waals surface area contributed by atoms with Crippen molar-refractivity contribution in [2.45, 2.75) is 32.1 Å². The molecule has 1 saturated heterocycles. The molecule has 1 amide bonds. The molecule has 0 radical (unpaired) electrons. The van der Waals surface area contributed by atoms with E-state index in [1.807, 2.05) is 11.0 Å². The Morgan fingerprint density at radius 3 is 2.58 bits per heavy atom. The zero-order chi connectivity index (χ0) is 16.4. The number of rotatable bonds is 2. The maximum atomic E-state index is 12.8. The van der Waals surface area contributed by atoms with E-state index in [0.29, 0.717) is 11.6 Å². The molecule has 5 heteroatoms. The number of hydrogen-bond donors (Lipinski definition) is 0. The van der Waals surface area contributed by atoms with Crippen LogP contribution in [-0.4, -0.2) is 40.4 Å². The van der Waals surface area contributed by atoms with Gasteiger partial charge >= 0.3 is 0 Å². The first-order valence-corrected chi connectivity index (χ1v) is 8.81. The minimum Gasteiger partial charge on any atom is -0.337 e. The molecule has 0 bridgehead atoms. The number of carbonyl (C=O) groups is 1. The number of hydrogen-bond acceptors (Lipinski definition) is 4. The Hall–Kier alpha value is -2.43. The van der Waals surface area contributed by atoms with Crippen molar-refractivity contribution < 1.29 is 4.79 Å². The van der Waals surface area contributed by atoms with E-state index in [-0.39, 0.29) is 5.91 Å². The summed E-state index contributed by atoms with van der Waals surface area (Å²) in [6.07, 6.45) is 7.29. The van der Waals surface area contributed by atoms with Crippen LogP contribution in [0.2, 0.25) is 0 Å². The maximum Gasteiger partial charge on any atom is 0.272 e. The fourth-order valence-corrected chi connectivity index (χ4v) is 3.58. The van der Waals surface area contributed by atoms with Crippen molar-refractivity contribution in [3.8, 4) is 0 Å². The van der Waals surface area contributed by atoms with Gasteiger partial charge in [-0.05, 0) is 37.0 Å². The van der Waals surface area contributed by atoms with Gasteiger partial charge < -0.3 is 9.80 Å². The minimum atomic E-state index is 0.0352. The van der Waals surface area contributed by atoms with Crippen LogP contribution in [0.15, 0.2) is 36.5 Å². The fourth-order valence-electron chi connectivity index (χ4n) is 3.58. The second-order valence-corrected chi connectivity index (χ2v) is 6.48. The Morgan fingerprint density at radius 1 is 0.958 bits per heavy atom. The van der Waals surface area contributed by atoms with E-state index in [1.54, 1.807) is 12.3 Å². The molecule has 0 atom stereocenters. The van der Waals surface area contributed by atoms with E-state index in [0.717, 1.165) is 44.6 Å². The monoisotopic (exact) mass is 322 g/mol. The summed E-state index contributed by atoms with van der Waals surface area (Å²) < 4.78 is 0. The van der Waals surface area contributed by atoms with Gasteiger partial charge in [-0.2, -0.15) is 0 Å². The van der Waals surface area contributed by atoms with Crippen molar-refractivity contribution in [1.82, 2.24) is 14.9 Å². The molecule has 0 unspecified atom stereocenters. The van der Waals surface area contributed by atoms with Gasteiger partial charge in [0.1, 0.15) is 5.69 Å². The Bertz CT molecular complexity index is 738. The zero-order valence-electron chi connectivity index (χ0n) is 13.8. The number of aromatic nitrogens is 2. The van der Waals surface area contributed by atoms with Gasteiger partial charge in [-0.3, -0.25) is 4.79 Å². The number of benzene rings is 1. The first kappa shape index (κ1) is 15.1. The van der Waals surface area contributed by atoms with Crippen molar-refractivity contribution in [1.29, 1.82) is 0 Å². The normalized spacial score (nSPS) is 17.5. The third kappa shape index (κ3) is 2.86. The minimum absolute atomic E-state index is 0.0352. The number of likely N-dealkylation sites (tertiary alicyclic amines) is 1. The van der Waals surface area contributed by atoms with Gasteiger partial charge in [0.05, 0.1) is 0 Å². The SMILES string of the molecule is O=C(c1ccnc(N2CCc3ccccc32)n1)N1CCCCCC1. The summed E-state index contributed by atoms with van der Waals surface area (Å²) in [5.41, 5.74) is 2.97. The average molecular weight is 322 g/mol. The Labute approximate surface area is 142 Å². The van der Waals surface area contributed by atoms with Gasteiger partial charge in [0, 0.05) is 31.5 Å². The first-order valence-electron chi connectivity index (χ1n) is 8.81. The number of carbonyl (C=O) groups excluding carboxylic acids is 1. The van der Waals surface area contributed by atoms with Crippen LogP contribution in [0.1, 0.15) is 41.7 Å². The van der Waals surface area contributed by atoms with Crippen molar-refractivity contribution >= 4 is 17.5 Å². The van der Waals surface area contributed by atoms with E-state index < -0.39 is 0 Å². The summed E-state index contributed by atoms with van der Waals surface area (Å²) >= 11 is 0. The molecule has 24 heavy (non-hydrogen) atoms. The summed E-state index contributed by atoms with van der Waals surface area (Å²) in [5.74, 6) is 0.661. The number of fused-ring (bicyclic) bond motifs is 1. The summed E-state index contributed by atoms with van der Waals surface area (Å²) in [6.45, 7) is 2.54. The highest BCUT2D eigenvalue weighted by molar-refractivity contribution is 5.92. The van der Waals surface area contributed by atoms with Gasteiger partial charge in [-0.1, -0.05) is 31.0 Å². The van der Waals surface area contributed by atoms with E-state index in [2.05, 4.69) is 33.1 Å². The molecular formula is C19H22N4O. The molecule has 0 N–H and O–H groups in total. The predicted octanol–water partition coefficient (Wildman–Crippen LogP) is 3.19. The van der Waals surface area contributed by atoms with Crippen molar-refractivity contribution in [3.63, 3.8) is 0 Å². The third-order valence-corrected chi connectivity index (χ3v) is 4.88. The third-order valence-electron chi connectivity index (χ3n) is 4.88. The molecule has 3 heterocycles. The summed E-state index contributed by atoms with van der Waals surface area (Å²) in [5, 5.41) is 0. The molecule has 0 aliphatic carbocycles. The van der Waals surface area contributed by atoms with Crippen LogP contribution in [0.3, 0.4) is 0 Å². The first-order chi connectivity index (χ1) is 11.8. The smallest absolute Gasteiger partial charge is 0.272 e. The number of amides is 1. The van der Waals surface area contributed by atoms with Crippen LogP contribution in [0, 0.1) is 0 Å². The summed E-state index contributed by atoms with van der Waals surface area (Å²) in [4.78, 5) is 25.8. The second-order valence-electron chi connectivity index (χ2n) is 6.48. The van der Waals surface area contributed by atoms with Gasteiger partial charge in [0.25, 0.3) is 5.91 Å². The summed E-state index contributed by atoms with van der Waals surface area (Å²) in [7, 11) is 0. The van der Waals surface area contributed by atoms with Gasteiger partial charge in [-0.25, -0.2) is 9.97 Å². The van der Waals surface area contributed by atoms with Crippen LogP contribution in [0.4, 0.5) is 11.6 Å². The zero-order valence-corrected chi connectivity index (χ0v) is 13.8. The Morgan fingerprint density at radius 2 is 1.75 bits per heavy atom. The van der Waals surface area contributed by atoms with Crippen LogP contribution in [-0.2, 0) is 6.42 Å². The van der Waals surface area contributed by atoms with Crippen LogP contribution >= 0.6 is 0 Å². The Kier molecular flexibility index (Phi) is 4.15. The largest absolute Gasteiger partial charge is 0.337 e. The molecule has 0 spiro atoms. The molecule has 2 aliphatic rings. The quantitative estimate of drug-likeness (QED) is 0.852. The van der Waals surface area contributed by atoms with Gasteiger partial charge in [-0.15, -0.1) is 0 Å². The second kappa shape index (κ2) is 6.59. The van der Waals surface area contributed by atoms with Crippen LogP contribution in [0.5, 0.6) is 0 Å². The average Bonchev–Trinajstić information content (AvgIpc) is 2.87. The number of nitrogens with zero attached hydrogens (tertiary/aromatic N) is 4. The van der Waals surface area contributed by atoms with E-state index >= 15 is 0 Å². The van der Waals surface area contributed by atoms with E-state index in [1.165, 1.54) is 18.4 Å².